The second-order valence-corrected chi connectivity index (χ2v) is 8.73. The smallest absolute Gasteiger partial charge is 0.412 e. The van der Waals surface area contributed by atoms with Crippen LogP contribution in [0, 0.1) is 18.8 Å². The average Bonchev–Trinajstić information content (AvgIpc) is 3.25. The van der Waals surface area contributed by atoms with E-state index in [4.69, 9.17) is 25.2 Å². The number of rotatable bonds is 5. The third-order valence-corrected chi connectivity index (χ3v) is 6.46. The van der Waals surface area contributed by atoms with Crippen LogP contribution >= 0.6 is 23.1 Å². The molecule has 12 heteroatoms. The standard InChI is InChI=1S/C22H15ClN4O6S/c1-11-16(25-21(30)31-10-12-4-2-3-5-13(12)23)14(34-27-11)6-7-15-24-17-18(32-15)26-19(33-17)22(8-9-22)20(28)29/h2-5H,8-10H2,1H3,(H,25,30)(H,28,29). The Hall–Kier alpha value is -3.88. The van der Waals surface area contributed by atoms with Crippen LogP contribution in [-0.4, -0.2) is 31.5 Å². The van der Waals surface area contributed by atoms with E-state index < -0.39 is 17.5 Å². The fourth-order valence-corrected chi connectivity index (χ4v) is 4.05. The second-order valence-electron chi connectivity index (χ2n) is 7.55. The Balaban J connectivity index is 1.29. The van der Waals surface area contributed by atoms with Crippen molar-refractivity contribution in [3.63, 3.8) is 0 Å². The van der Waals surface area contributed by atoms with Crippen LogP contribution in [0.4, 0.5) is 10.5 Å². The van der Waals surface area contributed by atoms with Gasteiger partial charge in [0.25, 0.3) is 17.3 Å². The maximum atomic E-state index is 12.3. The fourth-order valence-electron chi connectivity index (χ4n) is 3.15. The first-order valence-corrected chi connectivity index (χ1v) is 11.2. The van der Waals surface area contributed by atoms with Crippen LogP contribution in [0.25, 0.3) is 11.4 Å². The molecule has 0 atom stereocenters. The van der Waals surface area contributed by atoms with Gasteiger partial charge in [-0.2, -0.15) is 14.3 Å². The van der Waals surface area contributed by atoms with Crippen molar-refractivity contribution < 1.29 is 28.3 Å². The van der Waals surface area contributed by atoms with Crippen LogP contribution < -0.4 is 5.32 Å². The number of amides is 1. The number of carboxylic acids is 1. The highest BCUT2D eigenvalue weighted by Gasteiger charge is 2.56. The zero-order chi connectivity index (χ0) is 23.9. The number of carbonyl (C=O) groups is 2. The molecule has 0 radical (unpaired) electrons. The quantitative estimate of drug-likeness (QED) is 0.380. The van der Waals surface area contributed by atoms with Gasteiger partial charge in [0.05, 0.1) is 11.4 Å². The molecule has 0 bridgehead atoms. The third-order valence-electron chi connectivity index (χ3n) is 5.23. The lowest BCUT2D eigenvalue weighted by Crippen LogP contribution is -2.19. The van der Waals surface area contributed by atoms with E-state index in [0.29, 0.717) is 39.7 Å². The molecule has 1 saturated carbocycles. The molecule has 1 aliphatic rings. The van der Waals surface area contributed by atoms with Gasteiger partial charge >= 0.3 is 12.1 Å². The second kappa shape index (κ2) is 8.48. The Morgan fingerprint density at radius 3 is 2.71 bits per heavy atom. The topological polar surface area (TPSA) is 141 Å². The number of aryl methyl sites for hydroxylation is 1. The van der Waals surface area contributed by atoms with E-state index >= 15 is 0 Å². The Morgan fingerprint density at radius 2 is 2.00 bits per heavy atom. The Kier molecular flexibility index (Phi) is 5.47. The summed E-state index contributed by atoms with van der Waals surface area (Å²) in [7, 11) is 0. The molecule has 0 saturated heterocycles. The van der Waals surface area contributed by atoms with Crippen molar-refractivity contribution in [2.45, 2.75) is 31.8 Å². The van der Waals surface area contributed by atoms with Gasteiger partial charge in [0, 0.05) is 10.6 Å². The lowest BCUT2D eigenvalue weighted by atomic mass is 10.1. The summed E-state index contributed by atoms with van der Waals surface area (Å²) in [5, 5.41) is 12.5. The lowest BCUT2D eigenvalue weighted by Gasteiger charge is -2.08. The highest BCUT2D eigenvalue weighted by Crippen LogP contribution is 2.48. The molecule has 5 rings (SSSR count). The van der Waals surface area contributed by atoms with Crippen LogP contribution in [-0.2, 0) is 21.6 Å². The van der Waals surface area contributed by atoms with Crippen molar-refractivity contribution in [3.05, 3.63) is 57.2 Å². The highest BCUT2D eigenvalue weighted by atomic mass is 35.5. The molecule has 2 N–H and O–H groups in total. The summed E-state index contributed by atoms with van der Waals surface area (Å²) < 4.78 is 20.4. The van der Waals surface area contributed by atoms with E-state index in [0.717, 1.165) is 11.5 Å². The van der Waals surface area contributed by atoms with Crippen molar-refractivity contribution >= 4 is 52.3 Å². The number of hydrogen-bond donors (Lipinski definition) is 2. The molecule has 0 aliphatic heterocycles. The zero-order valence-electron chi connectivity index (χ0n) is 17.5. The number of carbonyl (C=O) groups excluding carboxylic acids is 1. The van der Waals surface area contributed by atoms with Crippen LogP contribution in [0.2, 0.25) is 5.02 Å². The minimum atomic E-state index is -1.09. The average molecular weight is 499 g/mol. The van der Waals surface area contributed by atoms with Gasteiger partial charge in [0.1, 0.15) is 16.9 Å². The van der Waals surface area contributed by atoms with Gasteiger partial charge < -0.3 is 18.7 Å². The summed E-state index contributed by atoms with van der Waals surface area (Å²) in [6.45, 7) is 1.74. The molecule has 1 amide bonds. The minimum Gasteiger partial charge on any atom is -0.480 e. The number of carboxylic acid groups (broad SMARTS) is 1. The summed E-state index contributed by atoms with van der Waals surface area (Å²) in [5.41, 5.74) is 0.730. The summed E-state index contributed by atoms with van der Waals surface area (Å²) in [6.07, 6.45) is 0.239. The van der Waals surface area contributed by atoms with Crippen molar-refractivity contribution in [1.82, 2.24) is 14.3 Å². The summed E-state index contributed by atoms with van der Waals surface area (Å²) in [4.78, 5) is 32.4. The molecular formula is C22H15ClN4O6S. The van der Waals surface area contributed by atoms with Gasteiger partial charge in [0.15, 0.2) is 0 Å². The van der Waals surface area contributed by atoms with E-state index in [-0.39, 0.29) is 29.8 Å². The van der Waals surface area contributed by atoms with E-state index in [1.165, 1.54) is 0 Å². The van der Waals surface area contributed by atoms with Crippen molar-refractivity contribution in [1.29, 1.82) is 0 Å². The van der Waals surface area contributed by atoms with Gasteiger partial charge in [-0.25, -0.2) is 4.79 Å². The SMILES string of the molecule is Cc1nsc(C#Cc2nc3oc(C4(C(=O)O)CC4)nc3o2)c1NC(=O)OCc1ccccc1Cl. The van der Waals surface area contributed by atoms with Crippen molar-refractivity contribution in [3.8, 4) is 11.8 Å². The van der Waals surface area contributed by atoms with Crippen LogP contribution in [0.1, 0.15) is 40.8 Å². The molecule has 0 unspecified atom stereocenters. The fraction of sp³-hybridized carbons (Fsp3) is 0.227. The predicted octanol–water partition coefficient (Wildman–Crippen LogP) is 4.50. The number of fused-ring (bicyclic) bond motifs is 1. The zero-order valence-corrected chi connectivity index (χ0v) is 19.1. The Bertz CT molecular complexity index is 1460. The van der Waals surface area contributed by atoms with Gasteiger partial charge in [-0.15, -0.1) is 0 Å². The molecule has 1 aliphatic carbocycles. The molecule has 3 heterocycles. The number of nitrogens with one attached hydrogen (secondary N) is 1. The minimum absolute atomic E-state index is 0.0106. The van der Waals surface area contributed by atoms with Gasteiger partial charge in [0.2, 0.25) is 5.89 Å². The van der Waals surface area contributed by atoms with E-state index in [2.05, 4.69) is 31.5 Å². The predicted molar refractivity (Wildman–Crippen MR) is 121 cm³/mol. The monoisotopic (exact) mass is 498 g/mol. The van der Waals surface area contributed by atoms with Crippen LogP contribution in [0.15, 0.2) is 33.1 Å². The molecular weight excluding hydrogens is 484 g/mol. The Labute approximate surface area is 201 Å². The third kappa shape index (κ3) is 4.09. The van der Waals surface area contributed by atoms with Crippen molar-refractivity contribution in [2.24, 2.45) is 0 Å². The number of ether oxygens (including phenoxy) is 1. The van der Waals surface area contributed by atoms with Crippen molar-refractivity contribution in [2.75, 3.05) is 5.32 Å². The number of aliphatic carboxylic acids is 1. The molecule has 10 nitrogen and oxygen atoms in total. The van der Waals surface area contributed by atoms with Gasteiger partial charge in [-0.05, 0) is 49.2 Å². The summed E-state index contributed by atoms with van der Waals surface area (Å²) >= 11 is 7.17. The highest BCUT2D eigenvalue weighted by molar-refractivity contribution is 7.07. The number of halogens is 1. The maximum absolute atomic E-state index is 12.3. The van der Waals surface area contributed by atoms with Gasteiger partial charge in [-0.1, -0.05) is 29.8 Å². The molecule has 34 heavy (non-hydrogen) atoms. The molecule has 172 valence electrons. The van der Waals surface area contributed by atoms with E-state index in [1.807, 2.05) is 0 Å². The number of aromatic nitrogens is 3. The first kappa shape index (κ1) is 21.9. The largest absolute Gasteiger partial charge is 0.480 e. The summed E-state index contributed by atoms with van der Waals surface area (Å²) in [5.74, 6) is 4.74. The first-order chi connectivity index (χ1) is 16.4. The maximum Gasteiger partial charge on any atom is 0.412 e. The van der Waals surface area contributed by atoms with Crippen LogP contribution in [0.3, 0.4) is 0 Å². The molecule has 1 fully saturated rings. The number of nitrogens with zero attached hydrogens (tertiary/aromatic N) is 3. The normalized spacial score (nSPS) is 13.8. The molecule has 3 aromatic heterocycles. The van der Waals surface area contributed by atoms with E-state index in [1.54, 1.807) is 31.2 Å². The van der Waals surface area contributed by atoms with E-state index in [9.17, 15) is 14.7 Å². The first-order valence-electron chi connectivity index (χ1n) is 10.0. The molecule has 0 spiro atoms. The number of anilines is 1. The number of benzene rings is 1. The molecule has 4 aromatic rings. The number of hydrogen-bond acceptors (Lipinski definition) is 9. The number of oxazole rings is 2. The Morgan fingerprint density at radius 1 is 1.24 bits per heavy atom. The van der Waals surface area contributed by atoms with Crippen LogP contribution in [0.5, 0.6) is 0 Å². The van der Waals surface area contributed by atoms with Gasteiger partial charge in [-0.3, -0.25) is 10.1 Å². The molecule has 1 aromatic carbocycles. The summed E-state index contributed by atoms with van der Waals surface area (Å²) in [6, 6.07) is 7.07. The lowest BCUT2D eigenvalue weighted by molar-refractivity contribution is -0.140.